The van der Waals surface area contributed by atoms with Gasteiger partial charge in [-0.3, -0.25) is 19.7 Å². The normalized spacial score (nSPS) is 15.2. The van der Waals surface area contributed by atoms with Crippen molar-refractivity contribution in [3.8, 4) is 5.88 Å². The van der Waals surface area contributed by atoms with E-state index in [9.17, 15) is 14.4 Å². The molecule has 1 fully saturated rings. The number of thioether (sulfide) groups is 1. The largest absolute Gasteiger partial charge is 0.481 e. The summed E-state index contributed by atoms with van der Waals surface area (Å²) in [6.07, 6.45) is 3.10. The van der Waals surface area contributed by atoms with E-state index in [0.717, 1.165) is 17.3 Å². The number of imide groups is 1. The number of benzene rings is 1. The van der Waals surface area contributed by atoms with Crippen LogP contribution in [0, 0.1) is 0 Å². The van der Waals surface area contributed by atoms with Gasteiger partial charge in [0.2, 0.25) is 5.88 Å². The van der Waals surface area contributed by atoms with Crippen LogP contribution in [0.4, 0.5) is 10.5 Å². The molecule has 2 N–H and O–H groups in total. The first-order valence-electron chi connectivity index (χ1n) is 7.21. The Labute approximate surface area is 147 Å². The second kappa shape index (κ2) is 7.18. The summed E-state index contributed by atoms with van der Waals surface area (Å²) in [5.74, 6) is -0.235. The molecule has 1 aromatic heterocycles. The van der Waals surface area contributed by atoms with Gasteiger partial charge in [0.05, 0.1) is 23.9 Å². The maximum Gasteiger partial charge on any atom is 0.290 e. The first kappa shape index (κ1) is 16.7. The van der Waals surface area contributed by atoms with Crippen molar-refractivity contribution >= 4 is 40.6 Å². The highest BCUT2D eigenvalue weighted by molar-refractivity contribution is 8.18. The molecule has 2 heterocycles. The molecule has 3 amide bonds. The number of hydrogen-bond acceptors (Lipinski definition) is 6. The monoisotopic (exact) mass is 355 g/mol. The molecule has 8 heteroatoms. The molecule has 25 heavy (non-hydrogen) atoms. The molecule has 0 spiro atoms. The Morgan fingerprint density at radius 1 is 1.20 bits per heavy atom. The summed E-state index contributed by atoms with van der Waals surface area (Å²) in [4.78, 5) is 39.2. The van der Waals surface area contributed by atoms with Crippen LogP contribution >= 0.6 is 11.8 Å². The smallest absolute Gasteiger partial charge is 0.290 e. The van der Waals surface area contributed by atoms with Crippen molar-refractivity contribution < 1.29 is 19.1 Å². The third kappa shape index (κ3) is 4.04. The molecule has 0 atom stereocenters. The van der Waals surface area contributed by atoms with E-state index in [0.29, 0.717) is 22.0 Å². The Balaban J connectivity index is 1.69. The summed E-state index contributed by atoms with van der Waals surface area (Å²) in [5, 5.41) is 4.53. The van der Waals surface area contributed by atoms with Crippen LogP contribution in [0.25, 0.3) is 6.08 Å². The van der Waals surface area contributed by atoms with Gasteiger partial charge in [-0.15, -0.1) is 0 Å². The highest BCUT2D eigenvalue weighted by atomic mass is 32.2. The molecular formula is C17H13N3O4S. The molecule has 7 nitrogen and oxygen atoms in total. The van der Waals surface area contributed by atoms with Gasteiger partial charge in [0, 0.05) is 11.6 Å². The molecule has 0 radical (unpaired) electrons. The molecule has 2 aromatic rings. The number of rotatable bonds is 4. The molecular weight excluding hydrogens is 342 g/mol. The maximum absolute atomic E-state index is 12.2. The summed E-state index contributed by atoms with van der Waals surface area (Å²) in [6.45, 7) is 0. The first-order valence-corrected chi connectivity index (χ1v) is 8.03. The molecule has 1 aliphatic heterocycles. The molecule has 0 aliphatic carbocycles. The third-order valence-electron chi connectivity index (χ3n) is 3.32. The summed E-state index contributed by atoms with van der Waals surface area (Å²) < 4.78 is 4.96. The third-order valence-corrected chi connectivity index (χ3v) is 4.13. The van der Waals surface area contributed by atoms with Crippen molar-refractivity contribution in [2.24, 2.45) is 0 Å². The maximum atomic E-state index is 12.2. The van der Waals surface area contributed by atoms with E-state index in [1.165, 1.54) is 13.3 Å². The second-order valence-electron chi connectivity index (χ2n) is 5.02. The minimum atomic E-state index is -0.413. The number of amides is 3. The molecule has 1 saturated heterocycles. The van der Waals surface area contributed by atoms with Crippen LogP contribution in [0.5, 0.6) is 5.88 Å². The second-order valence-corrected chi connectivity index (χ2v) is 6.03. The van der Waals surface area contributed by atoms with Gasteiger partial charge >= 0.3 is 0 Å². The highest BCUT2D eigenvalue weighted by Gasteiger charge is 2.24. The number of nitrogens with one attached hydrogen (secondary N) is 2. The number of hydrogen-bond donors (Lipinski definition) is 2. The number of carbonyl (C=O) groups is 3. The van der Waals surface area contributed by atoms with Gasteiger partial charge in [0.15, 0.2) is 0 Å². The van der Waals surface area contributed by atoms with Crippen LogP contribution in [-0.4, -0.2) is 29.1 Å². The summed E-state index contributed by atoms with van der Waals surface area (Å²) in [5.41, 5.74) is 1.72. The molecule has 1 aromatic carbocycles. The lowest BCUT2D eigenvalue weighted by atomic mass is 10.1. The lowest BCUT2D eigenvalue weighted by Gasteiger charge is -2.06. The Morgan fingerprint density at radius 2 is 1.96 bits per heavy atom. The van der Waals surface area contributed by atoms with Gasteiger partial charge in [-0.2, -0.15) is 0 Å². The number of pyridine rings is 1. The number of ether oxygens (including phenoxy) is 1. The van der Waals surface area contributed by atoms with Crippen molar-refractivity contribution in [3.63, 3.8) is 0 Å². The zero-order chi connectivity index (χ0) is 17.8. The molecule has 1 aliphatic rings. The number of aromatic nitrogens is 1. The minimum Gasteiger partial charge on any atom is -0.481 e. The van der Waals surface area contributed by atoms with Gasteiger partial charge in [-0.1, -0.05) is 12.1 Å². The van der Waals surface area contributed by atoms with Crippen LogP contribution < -0.4 is 15.4 Å². The summed E-state index contributed by atoms with van der Waals surface area (Å²) in [6, 6.07) is 10.0. The zero-order valence-electron chi connectivity index (χ0n) is 13.1. The van der Waals surface area contributed by atoms with Crippen molar-refractivity contribution in [2.75, 3.05) is 12.4 Å². The van der Waals surface area contributed by atoms with Crippen LogP contribution in [0.15, 0.2) is 47.5 Å². The van der Waals surface area contributed by atoms with Gasteiger partial charge in [-0.05, 0) is 41.6 Å². The van der Waals surface area contributed by atoms with E-state index in [-0.39, 0.29) is 11.1 Å². The SMILES string of the molecule is COc1ccc(NC(=O)c2ccc(C=C3SC(=O)NC3=O)cc2)cn1. The standard InChI is InChI=1S/C17H13N3O4S/c1-24-14-7-6-12(9-18-14)19-15(21)11-4-2-10(3-5-11)8-13-16(22)20-17(23)25-13/h2-9H,1H3,(H,19,21)(H,20,22,23). The molecule has 126 valence electrons. The van der Waals surface area contributed by atoms with Gasteiger partial charge < -0.3 is 10.1 Å². The quantitative estimate of drug-likeness (QED) is 0.819. The first-order chi connectivity index (χ1) is 12.0. The Kier molecular flexibility index (Phi) is 4.80. The van der Waals surface area contributed by atoms with Gasteiger partial charge in [-0.25, -0.2) is 4.98 Å². The Morgan fingerprint density at radius 3 is 2.52 bits per heavy atom. The molecule has 0 saturated carbocycles. The van der Waals surface area contributed by atoms with Crippen molar-refractivity contribution in [1.29, 1.82) is 0 Å². The van der Waals surface area contributed by atoms with Crippen molar-refractivity contribution in [2.45, 2.75) is 0 Å². The van der Waals surface area contributed by atoms with E-state index in [1.807, 2.05) is 0 Å². The number of carbonyl (C=O) groups excluding carboxylic acids is 3. The predicted octanol–water partition coefficient (Wildman–Crippen LogP) is 2.67. The molecule has 0 unspecified atom stereocenters. The Hall–Kier alpha value is -3.13. The minimum absolute atomic E-state index is 0.283. The number of methoxy groups -OCH3 is 1. The lowest BCUT2D eigenvalue weighted by molar-refractivity contribution is -0.115. The highest BCUT2D eigenvalue weighted by Crippen LogP contribution is 2.25. The molecule has 0 bridgehead atoms. The Bertz CT molecular complexity index is 860. The van der Waals surface area contributed by atoms with Crippen LogP contribution in [0.3, 0.4) is 0 Å². The fraction of sp³-hybridized carbons (Fsp3) is 0.0588. The van der Waals surface area contributed by atoms with Crippen molar-refractivity contribution in [1.82, 2.24) is 10.3 Å². The van der Waals surface area contributed by atoms with E-state index in [4.69, 9.17) is 4.74 Å². The molecule has 3 rings (SSSR count). The predicted molar refractivity (Wildman–Crippen MR) is 94.3 cm³/mol. The fourth-order valence-corrected chi connectivity index (χ4v) is 2.76. The van der Waals surface area contributed by atoms with Gasteiger partial charge in [0.25, 0.3) is 17.1 Å². The average Bonchev–Trinajstić information content (AvgIpc) is 2.93. The zero-order valence-corrected chi connectivity index (χ0v) is 13.9. The van der Waals surface area contributed by atoms with E-state index in [1.54, 1.807) is 42.5 Å². The number of anilines is 1. The van der Waals surface area contributed by atoms with E-state index in [2.05, 4.69) is 15.6 Å². The number of nitrogens with zero attached hydrogens (tertiary/aromatic N) is 1. The topological polar surface area (TPSA) is 97.4 Å². The van der Waals surface area contributed by atoms with Gasteiger partial charge in [0.1, 0.15) is 0 Å². The fourth-order valence-electron chi connectivity index (χ4n) is 2.08. The van der Waals surface area contributed by atoms with E-state index < -0.39 is 5.91 Å². The average molecular weight is 355 g/mol. The van der Waals surface area contributed by atoms with Crippen LogP contribution in [0.2, 0.25) is 0 Å². The van der Waals surface area contributed by atoms with Crippen molar-refractivity contribution in [3.05, 3.63) is 58.6 Å². The summed E-state index contributed by atoms with van der Waals surface area (Å²) >= 11 is 0.849. The lowest BCUT2D eigenvalue weighted by Crippen LogP contribution is -2.17. The van der Waals surface area contributed by atoms with E-state index >= 15 is 0 Å². The van der Waals surface area contributed by atoms with Crippen LogP contribution in [0.1, 0.15) is 15.9 Å². The van der Waals surface area contributed by atoms with Crippen LogP contribution in [-0.2, 0) is 4.79 Å². The summed E-state index contributed by atoms with van der Waals surface area (Å²) in [7, 11) is 1.51.